The summed E-state index contributed by atoms with van der Waals surface area (Å²) < 4.78 is 0. The zero-order valence-electron chi connectivity index (χ0n) is 9.34. The van der Waals surface area contributed by atoms with Gasteiger partial charge >= 0.3 is 0 Å². The Morgan fingerprint density at radius 3 is 2.50 bits per heavy atom. The van der Waals surface area contributed by atoms with Crippen molar-refractivity contribution < 1.29 is 0 Å². The summed E-state index contributed by atoms with van der Waals surface area (Å²) in [5, 5.41) is 3.44. The predicted molar refractivity (Wildman–Crippen MR) is 61.2 cm³/mol. The van der Waals surface area contributed by atoms with Crippen LogP contribution in [-0.4, -0.2) is 13.1 Å². The van der Waals surface area contributed by atoms with E-state index in [0.717, 1.165) is 17.8 Å². The molecular formula is C13H23N. The van der Waals surface area contributed by atoms with Gasteiger partial charge in [-0.1, -0.05) is 19.1 Å². The van der Waals surface area contributed by atoms with Gasteiger partial charge in [0.2, 0.25) is 0 Å². The average Bonchev–Trinajstić information content (AvgIpc) is 2.23. The first-order valence-electron chi connectivity index (χ1n) is 6.23. The minimum atomic E-state index is 0.833. The summed E-state index contributed by atoms with van der Waals surface area (Å²) in [7, 11) is 0. The smallest absolute Gasteiger partial charge is 0.00463 e. The number of hydrogen-bond donors (Lipinski definition) is 1. The lowest BCUT2D eigenvalue weighted by Gasteiger charge is -2.28. The molecule has 1 aliphatic heterocycles. The van der Waals surface area contributed by atoms with Crippen LogP contribution in [0.3, 0.4) is 0 Å². The van der Waals surface area contributed by atoms with Crippen molar-refractivity contribution in [3.63, 3.8) is 0 Å². The Bertz CT molecular complexity index is 191. The van der Waals surface area contributed by atoms with Crippen LogP contribution in [0.25, 0.3) is 0 Å². The third-order valence-electron chi connectivity index (χ3n) is 3.80. The van der Waals surface area contributed by atoms with Gasteiger partial charge < -0.3 is 5.32 Å². The highest BCUT2D eigenvalue weighted by atomic mass is 14.9. The molecule has 0 aromatic carbocycles. The van der Waals surface area contributed by atoms with Gasteiger partial charge in [-0.25, -0.2) is 0 Å². The highest BCUT2D eigenvalue weighted by Crippen LogP contribution is 2.29. The van der Waals surface area contributed by atoms with E-state index >= 15 is 0 Å². The van der Waals surface area contributed by atoms with E-state index in [-0.39, 0.29) is 0 Å². The first kappa shape index (κ1) is 10.2. The first-order chi connectivity index (χ1) is 6.84. The van der Waals surface area contributed by atoms with E-state index in [1.54, 1.807) is 0 Å². The number of allylic oxidation sites excluding steroid dienone is 2. The number of piperidine rings is 1. The van der Waals surface area contributed by atoms with Crippen LogP contribution in [0, 0.1) is 17.8 Å². The van der Waals surface area contributed by atoms with Crippen molar-refractivity contribution in [3.05, 3.63) is 12.2 Å². The van der Waals surface area contributed by atoms with Gasteiger partial charge in [-0.05, 0) is 62.9 Å². The zero-order chi connectivity index (χ0) is 9.80. The van der Waals surface area contributed by atoms with Crippen molar-refractivity contribution in [3.8, 4) is 0 Å². The number of rotatable bonds is 2. The van der Waals surface area contributed by atoms with E-state index in [4.69, 9.17) is 0 Å². The molecule has 1 nitrogen and oxygen atoms in total. The fourth-order valence-corrected chi connectivity index (χ4v) is 2.76. The van der Waals surface area contributed by atoms with Gasteiger partial charge in [-0.15, -0.1) is 0 Å². The van der Waals surface area contributed by atoms with Crippen molar-refractivity contribution in [1.29, 1.82) is 0 Å². The fraction of sp³-hybridized carbons (Fsp3) is 0.846. The van der Waals surface area contributed by atoms with Crippen molar-refractivity contribution in [2.75, 3.05) is 13.1 Å². The molecule has 2 rings (SSSR count). The van der Waals surface area contributed by atoms with Crippen molar-refractivity contribution in [2.24, 2.45) is 17.8 Å². The molecule has 0 amide bonds. The molecule has 0 aromatic heterocycles. The molecule has 1 N–H and O–H groups in total. The molecule has 0 unspecified atom stereocenters. The molecule has 0 radical (unpaired) electrons. The van der Waals surface area contributed by atoms with Crippen LogP contribution in [0.2, 0.25) is 0 Å². The Hall–Kier alpha value is -0.300. The number of nitrogens with one attached hydrogen (secondary N) is 1. The predicted octanol–water partition coefficient (Wildman–Crippen LogP) is 2.98. The second kappa shape index (κ2) is 4.97. The zero-order valence-corrected chi connectivity index (χ0v) is 9.34. The summed E-state index contributed by atoms with van der Waals surface area (Å²) in [5.74, 6) is 2.73. The molecule has 0 saturated carbocycles. The van der Waals surface area contributed by atoms with E-state index in [1.165, 1.54) is 45.2 Å². The van der Waals surface area contributed by atoms with Crippen molar-refractivity contribution in [1.82, 2.24) is 5.32 Å². The van der Waals surface area contributed by atoms with Gasteiger partial charge in [-0.3, -0.25) is 0 Å². The van der Waals surface area contributed by atoms with E-state index in [2.05, 4.69) is 24.4 Å². The molecule has 1 heterocycles. The second-order valence-electron chi connectivity index (χ2n) is 5.13. The summed E-state index contributed by atoms with van der Waals surface area (Å²) in [6.07, 6.45) is 12.0. The van der Waals surface area contributed by atoms with Crippen LogP contribution >= 0.6 is 0 Å². The third-order valence-corrected chi connectivity index (χ3v) is 3.80. The van der Waals surface area contributed by atoms with Crippen LogP contribution in [0.15, 0.2) is 12.2 Å². The Kier molecular flexibility index (Phi) is 3.63. The Labute approximate surface area is 88.0 Å². The quantitative estimate of drug-likeness (QED) is 0.665. The summed E-state index contributed by atoms with van der Waals surface area (Å²) in [5.41, 5.74) is 0. The molecule has 0 spiro atoms. The van der Waals surface area contributed by atoms with Crippen LogP contribution in [0.4, 0.5) is 0 Å². The van der Waals surface area contributed by atoms with E-state index in [0.29, 0.717) is 0 Å². The Morgan fingerprint density at radius 1 is 1.07 bits per heavy atom. The molecule has 1 heteroatoms. The summed E-state index contributed by atoms with van der Waals surface area (Å²) >= 11 is 0. The molecule has 14 heavy (non-hydrogen) atoms. The van der Waals surface area contributed by atoms with E-state index in [1.807, 2.05) is 0 Å². The average molecular weight is 193 g/mol. The Balaban J connectivity index is 1.76. The van der Waals surface area contributed by atoms with E-state index < -0.39 is 0 Å². The lowest BCUT2D eigenvalue weighted by atomic mass is 9.81. The third kappa shape index (κ3) is 2.84. The molecule has 0 bridgehead atoms. The first-order valence-corrected chi connectivity index (χ1v) is 6.23. The maximum absolute atomic E-state index is 3.44. The van der Waals surface area contributed by atoms with Gasteiger partial charge in [0.1, 0.15) is 0 Å². The molecule has 2 aliphatic rings. The molecule has 2 atom stereocenters. The minimum Gasteiger partial charge on any atom is -0.317 e. The second-order valence-corrected chi connectivity index (χ2v) is 5.13. The van der Waals surface area contributed by atoms with Crippen LogP contribution in [-0.2, 0) is 0 Å². The maximum Gasteiger partial charge on any atom is -0.00463 e. The van der Waals surface area contributed by atoms with Crippen molar-refractivity contribution in [2.45, 2.75) is 39.0 Å². The van der Waals surface area contributed by atoms with Gasteiger partial charge in [-0.2, -0.15) is 0 Å². The molecule has 0 aromatic rings. The van der Waals surface area contributed by atoms with Gasteiger partial charge in [0.25, 0.3) is 0 Å². The maximum atomic E-state index is 3.44. The van der Waals surface area contributed by atoms with Gasteiger partial charge in [0.15, 0.2) is 0 Å². The number of hydrogen-bond acceptors (Lipinski definition) is 1. The highest BCUT2D eigenvalue weighted by Gasteiger charge is 2.19. The topological polar surface area (TPSA) is 12.0 Å². The fourth-order valence-electron chi connectivity index (χ4n) is 2.76. The van der Waals surface area contributed by atoms with Crippen molar-refractivity contribution >= 4 is 0 Å². The van der Waals surface area contributed by atoms with Crippen LogP contribution in [0.1, 0.15) is 39.0 Å². The SMILES string of the molecule is C[C@@H]1C=C[C@H](CC2CCNCC2)CC1. The normalized spacial score (nSPS) is 34.6. The monoisotopic (exact) mass is 193 g/mol. The van der Waals surface area contributed by atoms with E-state index in [9.17, 15) is 0 Å². The molecule has 80 valence electrons. The summed E-state index contributed by atoms with van der Waals surface area (Å²) in [4.78, 5) is 0. The van der Waals surface area contributed by atoms with Crippen LogP contribution < -0.4 is 5.32 Å². The standard InChI is InChI=1S/C13H23N/c1-11-2-4-12(5-3-11)10-13-6-8-14-9-7-13/h2,4,11-14H,3,5-10H2,1H3/t11-,12+/m1/s1. The molecule has 1 saturated heterocycles. The van der Waals surface area contributed by atoms with Gasteiger partial charge in [0.05, 0.1) is 0 Å². The Morgan fingerprint density at radius 2 is 1.86 bits per heavy atom. The highest BCUT2D eigenvalue weighted by molar-refractivity contribution is 4.97. The summed E-state index contributed by atoms with van der Waals surface area (Å²) in [6, 6.07) is 0. The minimum absolute atomic E-state index is 0.833. The lowest BCUT2D eigenvalue weighted by molar-refractivity contribution is 0.303. The molecule has 1 fully saturated rings. The largest absolute Gasteiger partial charge is 0.317 e. The van der Waals surface area contributed by atoms with Crippen LogP contribution in [0.5, 0.6) is 0 Å². The molecule has 1 aliphatic carbocycles. The molecular weight excluding hydrogens is 170 g/mol. The summed E-state index contributed by atoms with van der Waals surface area (Å²) in [6.45, 7) is 4.83. The van der Waals surface area contributed by atoms with Gasteiger partial charge in [0, 0.05) is 0 Å². The lowest BCUT2D eigenvalue weighted by Crippen LogP contribution is -2.28.